The Hall–Kier alpha value is -1.24. The van der Waals surface area contributed by atoms with Crippen molar-refractivity contribution in [3.63, 3.8) is 0 Å². The molecule has 2 aliphatic heterocycles. The molecule has 0 bridgehead atoms. The number of ether oxygens (including phenoxy) is 1. The van der Waals surface area contributed by atoms with Gasteiger partial charge in [0, 0.05) is 44.5 Å². The maximum atomic E-state index is 5.54. The summed E-state index contributed by atoms with van der Waals surface area (Å²) in [5.74, 6) is 3.32. The zero-order valence-corrected chi connectivity index (χ0v) is 16.2. The van der Waals surface area contributed by atoms with Crippen molar-refractivity contribution >= 4 is 17.7 Å². The van der Waals surface area contributed by atoms with Crippen LogP contribution in [-0.4, -0.2) is 67.8 Å². The third-order valence-electron chi connectivity index (χ3n) is 5.28. The molecule has 1 aromatic rings. The number of benzene rings is 1. The molecule has 6 heteroatoms. The van der Waals surface area contributed by atoms with E-state index >= 15 is 0 Å². The molecule has 2 fully saturated rings. The highest BCUT2D eigenvalue weighted by atomic mass is 32.2. The lowest BCUT2D eigenvalue weighted by molar-refractivity contribution is -0.0120. The van der Waals surface area contributed by atoms with Crippen LogP contribution in [0.4, 0.5) is 0 Å². The van der Waals surface area contributed by atoms with E-state index in [4.69, 9.17) is 4.74 Å². The van der Waals surface area contributed by atoms with Crippen LogP contribution in [0.1, 0.15) is 17.5 Å². The summed E-state index contributed by atoms with van der Waals surface area (Å²) in [6.45, 7) is 7.67. The van der Waals surface area contributed by atoms with Gasteiger partial charge in [0.15, 0.2) is 5.96 Å². The topological polar surface area (TPSA) is 48.9 Å². The summed E-state index contributed by atoms with van der Waals surface area (Å²) in [5.41, 5.74) is 2.85. The second-order valence-corrected chi connectivity index (χ2v) is 7.94. The molecule has 0 spiro atoms. The van der Waals surface area contributed by atoms with E-state index in [1.54, 1.807) is 0 Å². The van der Waals surface area contributed by atoms with Crippen molar-refractivity contribution in [3.05, 3.63) is 35.4 Å². The lowest BCUT2D eigenvalue weighted by Crippen LogP contribution is -2.60. The molecule has 1 atom stereocenters. The fourth-order valence-electron chi connectivity index (χ4n) is 3.59. The Morgan fingerprint density at radius 2 is 2.08 bits per heavy atom. The van der Waals surface area contributed by atoms with E-state index < -0.39 is 0 Å². The van der Waals surface area contributed by atoms with E-state index in [2.05, 4.69) is 63.5 Å². The summed E-state index contributed by atoms with van der Waals surface area (Å²) in [5, 5.41) is 7.04. The summed E-state index contributed by atoms with van der Waals surface area (Å²) in [6, 6.07) is 8.48. The normalized spacial score (nSPS) is 25.1. The summed E-state index contributed by atoms with van der Waals surface area (Å²) >= 11 is 2.06. The van der Waals surface area contributed by atoms with E-state index in [0.717, 1.165) is 45.4 Å². The molecule has 0 radical (unpaired) electrons. The standard InChI is InChI=1S/C19H30N4OS/c1-16-5-3-4-6-17(16)13-21-18(20-2)22-14-19(7-12-25-15-19)23-8-10-24-11-9-23/h3-6H,7-15H2,1-2H3,(H2,20,21,22). The van der Waals surface area contributed by atoms with Gasteiger partial charge in [-0.05, 0) is 30.2 Å². The first kappa shape index (κ1) is 18.5. The average molecular weight is 363 g/mol. The van der Waals surface area contributed by atoms with Crippen LogP contribution < -0.4 is 10.6 Å². The lowest BCUT2D eigenvalue weighted by Gasteiger charge is -2.43. The van der Waals surface area contributed by atoms with Gasteiger partial charge >= 0.3 is 0 Å². The number of nitrogens with one attached hydrogen (secondary N) is 2. The van der Waals surface area contributed by atoms with Crippen molar-refractivity contribution in [2.24, 2.45) is 4.99 Å². The van der Waals surface area contributed by atoms with Gasteiger partial charge in [0.25, 0.3) is 0 Å². The van der Waals surface area contributed by atoms with Gasteiger partial charge in [0.1, 0.15) is 0 Å². The number of aryl methyl sites for hydroxylation is 1. The van der Waals surface area contributed by atoms with E-state index in [0.29, 0.717) is 0 Å². The maximum Gasteiger partial charge on any atom is 0.191 e. The van der Waals surface area contributed by atoms with Crippen molar-refractivity contribution in [3.8, 4) is 0 Å². The third-order valence-corrected chi connectivity index (χ3v) is 6.51. The molecule has 138 valence electrons. The van der Waals surface area contributed by atoms with Crippen LogP contribution in [0.25, 0.3) is 0 Å². The molecule has 3 rings (SSSR count). The molecule has 0 saturated carbocycles. The number of thioether (sulfide) groups is 1. The van der Waals surface area contributed by atoms with Crippen molar-refractivity contribution in [1.82, 2.24) is 15.5 Å². The molecule has 1 unspecified atom stereocenters. The first-order chi connectivity index (χ1) is 12.2. The van der Waals surface area contributed by atoms with Gasteiger partial charge in [0.05, 0.1) is 13.2 Å². The summed E-state index contributed by atoms with van der Waals surface area (Å²) in [6.07, 6.45) is 1.24. The van der Waals surface area contributed by atoms with E-state index in [9.17, 15) is 0 Å². The minimum absolute atomic E-state index is 0.231. The van der Waals surface area contributed by atoms with E-state index in [-0.39, 0.29) is 5.54 Å². The van der Waals surface area contributed by atoms with Gasteiger partial charge in [-0.15, -0.1) is 0 Å². The summed E-state index contributed by atoms with van der Waals surface area (Å²) in [7, 11) is 1.85. The molecule has 25 heavy (non-hydrogen) atoms. The highest BCUT2D eigenvalue weighted by Crippen LogP contribution is 2.33. The zero-order chi connectivity index (χ0) is 17.5. The summed E-state index contributed by atoms with van der Waals surface area (Å²) < 4.78 is 5.54. The zero-order valence-electron chi connectivity index (χ0n) is 15.4. The highest BCUT2D eigenvalue weighted by molar-refractivity contribution is 7.99. The Labute approximate surface area is 155 Å². The fourth-order valence-corrected chi connectivity index (χ4v) is 5.07. The molecule has 2 saturated heterocycles. The van der Waals surface area contributed by atoms with Gasteiger partial charge in [-0.2, -0.15) is 11.8 Å². The molecular weight excluding hydrogens is 332 g/mol. The molecule has 0 aliphatic carbocycles. The van der Waals surface area contributed by atoms with Crippen molar-refractivity contribution < 1.29 is 4.74 Å². The van der Waals surface area contributed by atoms with Crippen molar-refractivity contribution in [2.45, 2.75) is 25.4 Å². The molecule has 2 N–H and O–H groups in total. The largest absolute Gasteiger partial charge is 0.379 e. The van der Waals surface area contributed by atoms with Crippen LogP contribution in [-0.2, 0) is 11.3 Å². The number of hydrogen-bond acceptors (Lipinski definition) is 4. The van der Waals surface area contributed by atoms with Gasteiger partial charge in [-0.25, -0.2) is 0 Å². The number of morpholine rings is 1. The monoisotopic (exact) mass is 362 g/mol. The van der Waals surface area contributed by atoms with E-state index in [1.807, 2.05) is 7.05 Å². The number of nitrogens with zero attached hydrogens (tertiary/aromatic N) is 2. The Morgan fingerprint density at radius 1 is 1.28 bits per heavy atom. The number of rotatable bonds is 5. The minimum atomic E-state index is 0.231. The lowest BCUT2D eigenvalue weighted by atomic mass is 9.95. The Bertz CT molecular complexity index is 581. The summed E-state index contributed by atoms with van der Waals surface area (Å²) in [4.78, 5) is 7.04. The molecule has 2 heterocycles. The molecule has 0 amide bonds. The van der Waals surface area contributed by atoms with Gasteiger partial charge in [-0.1, -0.05) is 24.3 Å². The Balaban J connectivity index is 1.56. The second-order valence-electron chi connectivity index (χ2n) is 6.83. The SMILES string of the molecule is CN=C(NCc1ccccc1C)NCC1(N2CCOCC2)CCSC1. The Morgan fingerprint density at radius 3 is 2.76 bits per heavy atom. The van der Waals surface area contributed by atoms with E-state index in [1.165, 1.54) is 29.1 Å². The van der Waals surface area contributed by atoms with Crippen LogP contribution in [0.3, 0.4) is 0 Å². The van der Waals surface area contributed by atoms with Crippen LogP contribution in [0.2, 0.25) is 0 Å². The van der Waals surface area contributed by atoms with Gasteiger partial charge < -0.3 is 15.4 Å². The van der Waals surface area contributed by atoms with Crippen LogP contribution in [0, 0.1) is 6.92 Å². The molecular formula is C19H30N4OS. The van der Waals surface area contributed by atoms with Crippen LogP contribution >= 0.6 is 11.8 Å². The van der Waals surface area contributed by atoms with Crippen LogP contribution in [0.5, 0.6) is 0 Å². The number of hydrogen-bond donors (Lipinski definition) is 2. The van der Waals surface area contributed by atoms with Gasteiger partial charge in [-0.3, -0.25) is 9.89 Å². The second kappa shape index (κ2) is 8.92. The quantitative estimate of drug-likeness (QED) is 0.619. The number of guanidine groups is 1. The molecule has 5 nitrogen and oxygen atoms in total. The minimum Gasteiger partial charge on any atom is -0.379 e. The predicted molar refractivity (Wildman–Crippen MR) is 106 cm³/mol. The van der Waals surface area contributed by atoms with Crippen molar-refractivity contribution in [1.29, 1.82) is 0 Å². The maximum absolute atomic E-state index is 5.54. The molecule has 0 aromatic heterocycles. The van der Waals surface area contributed by atoms with Crippen LogP contribution in [0.15, 0.2) is 29.3 Å². The Kier molecular flexibility index (Phi) is 6.62. The average Bonchev–Trinajstić information content (AvgIpc) is 3.14. The first-order valence-corrected chi connectivity index (χ1v) is 10.3. The fraction of sp³-hybridized carbons (Fsp3) is 0.632. The van der Waals surface area contributed by atoms with Gasteiger partial charge in [0.2, 0.25) is 0 Å². The third kappa shape index (κ3) is 4.68. The predicted octanol–water partition coefficient (Wildman–Crippen LogP) is 1.87. The highest BCUT2D eigenvalue weighted by Gasteiger charge is 2.40. The first-order valence-electron chi connectivity index (χ1n) is 9.13. The number of aliphatic imine (C=N–C) groups is 1. The smallest absolute Gasteiger partial charge is 0.191 e. The molecule has 1 aromatic carbocycles. The molecule has 2 aliphatic rings. The van der Waals surface area contributed by atoms with Crippen molar-refractivity contribution in [2.75, 3.05) is 51.4 Å².